The summed E-state index contributed by atoms with van der Waals surface area (Å²) in [7, 11) is 1.35. The van der Waals surface area contributed by atoms with E-state index in [9.17, 15) is 39.2 Å². The number of rotatable bonds is 7. The van der Waals surface area contributed by atoms with Gasteiger partial charge in [0, 0.05) is 42.1 Å². The molecule has 1 fully saturated rings. The molecule has 48 heavy (non-hydrogen) atoms. The smallest absolute Gasteiger partial charge is 0.202 e. The standard InChI is InChI=1S/C35H36FNO9.CH4.ClH/c1-16-11-20(12-23(30(16)39)37-15-18-7-9-19(36)10-8-18)46-25-14-35(44,17(2)38)13-22-27(25)34(43)29-28(32(22)41)31(40)21-5-4-6-24(45-3)26(21)33(29)42;;/h4-10,16,20,23,25,30,37,39,41,43-44H,11-15H2,1-3H3;1H4;1H/t16?,20?,23?,25-,30?,35-;;/m0../s1. The molecule has 0 heterocycles. The Hall–Kier alpha value is -3.87. The SMILES string of the molecule is C.COc1cccc2c1C(=O)c1c(O)c3c(c(O)c1C2=O)C[C@@](O)(C(C)=O)C[C@@H]3OC1CC(C)C(O)C(NCc2ccc(F)cc2)C1.Cl. The summed E-state index contributed by atoms with van der Waals surface area (Å²) in [5.74, 6) is -3.64. The number of phenols is 2. The van der Waals surface area contributed by atoms with E-state index in [4.69, 9.17) is 9.47 Å². The number of halogens is 2. The normalized spacial score (nSPS) is 25.9. The van der Waals surface area contributed by atoms with Crippen LogP contribution in [0.25, 0.3) is 0 Å². The fraction of sp³-hybridized carbons (Fsp3) is 0.417. The lowest BCUT2D eigenvalue weighted by Gasteiger charge is -2.43. The van der Waals surface area contributed by atoms with Crippen LogP contribution in [-0.2, 0) is 22.5 Å². The van der Waals surface area contributed by atoms with E-state index in [2.05, 4.69) is 5.32 Å². The van der Waals surface area contributed by atoms with E-state index >= 15 is 0 Å². The molecule has 258 valence electrons. The van der Waals surface area contributed by atoms with Crippen LogP contribution in [0, 0.1) is 11.7 Å². The van der Waals surface area contributed by atoms with Gasteiger partial charge in [0.15, 0.2) is 11.6 Å². The topological polar surface area (TPSA) is 163 Å². The van der Waals surface area contributed by atoms with Gasteiger partial charge in [0.2, 0.25) is 5.78 Å². The van der Waals surface area contributed by atoms with Crippen molar-refractivity contribution < 1.29 is 48.7 Å². The van der Waals surface area contributed by atoms with Crippen LogP contribution in [0.15, 0.2) is 42.5 Å². The van der Waals surface area contributed by atoms with Crippen molar-refractivity contribution in [3.05, 3.63) is 87.2 Å². The summed E-state index contributed by atoms with van der Waals surface area (Å²) in [6.45, 7) is 3.44. The number of aliphatic hydroxyl groups is 2. The van der Waals surface area contributed by atoms with Crippen molar-refractivity contribution in [1.29, 1.82) is 0 Å². The van der Waals surface area contributed by atoms with Gasteiger partial charge in [0.05, 0.1) is 42.1 Å². The van der Waals surface area contributed by atoms with Crippen molar-refractivity contribution in [2.45, 2.75) is 83.5 Å². The average Bonchev–Trinajstić information content (AvgIpc) is 3.02. The van der Waals surface area contributed by atoms with Crippen molar-refractivity contribution in [2.24, 2.45) is 5.92 Å². The third-order valence-electron chi connectivity index (χ3n) is 9.72. The summed E-state index contributed by atoms with van der Waals surface area (Å²) in [5, 5.41) is 49.0. The number of hydrogen-bond donors (Lipinski definition) is 5. The minimum atomic E-state index is -1.99. The highest BCUT2D eigenvalue weighted by Gasteiger charge is 2.49. The Kier molecular flexibility index (Phi) is 10.7. The molecule has 1 saturated carbocycles. The van der Waals surface area contributed by atoms with Gasteiger partial charge in [0.25, 0.3) is 0 Å². The second kappa shape index (κ2) is 13.9. The molecule has 3 aromatic carbocycles. The number of phenolic OH excluding ortho intramolecular Hbond substituents is 2. The molecule has 10 nitrogen and oxygen atoms in total. The molecule has 3 aromatic rings. The minimum Gasteiger partial charge on any atom is -0.507 e. The van der Waals surface area contributed by atoms with Crippen molar-refractivity contribution in [3.8, 4) is 17.2 Å². The Bertz CT molecular complexity index is 1750. The van der Waals surface area contributed by atoms with E-state index in [-0.39, 0.29) is 66.0 Å². The highest BCUT2D eigenvalue weighted by Crippen LogP contribution is 2.52. The number of ether oxygens (including phenoxy) is 2. The largest absolute Gasteiger partial charge is 0.507 e. The maximum Gasteiger partial charge on any atom is 0.202 e. The van der Waals surface area contributed by atoms with Gasteiger partial charge in [-0.15, -0.1) is 12.4 Å². The number of carbonyl (C=O) groups excluding carboxylic acids is 3. The van der Waals surface area contributed by atoms with Crippen molar-refractivity contribution >= 4 is 29.8 Å². The van der Waals surface area contributed by atoms with Crippen LogP contribution in [0.3, 0.4) is 0 Å². The highest BCUT2D eigenvalue weighted by atomic mass is 35.5. The van der Waals surface area contributed by atoms with E-state index in [0.29, 0.717) is 19.4 Å². The molecule has 0 aliphatic heterocycles. The summed E-state index contributed by atoms with van der Waals surface area (Å²) in [5.41, 5.74) is -2.05. The van der Waals surface area contributed by atoms with Crippen molar-refractivity contribution in [1.82, 2.24) is 5.32 Å². The number of nitrogens with one attached hydrogen (secondary N) is 1. The lowest BCUT2D eigenvalue weighted by molar-refractivity contribution is -0.147. The molecular formula is C36H41ClFNO9. The number of hydrogen-bond acceptors (Lipinski definition) is 10. The molecule has 0 radical (unpaired) electrons. The van der Waals surface area contributed by atoms with Gasteiger partial charge in [-0.25, -0.2) is 4.39 Å². The van der Waals surface area contributed by atoms with Gasteiger partial charge in [-0.3, -0.25) is 14.4 Å². The zero-order valence-electron chi connectivity index (χ0n) is 26.1. The van der Waals surface area contributed by atoms with E-state index in [0.717, 1.165) is 5.56 Å². The Balaban J connectivity index is 0.00000260. The Morgan fingerprint density at radius 3 is 2.33 bits per heavy atom. The van der Waals surface area contributed by atoms with Gasteiger partial charge < -0.3 is 35.2 Å². The first-order chi connectivity index (χ1) is 21.8. The molecule has 4 unspecified atom stereocenters. The fourth-order valence-electron chi connectivity index (χ4n) is 7.17. The molecule has 0 saturated heterocycles. The van der Waals surface area contributed by atoms with Crippen LogP contribution >= 0.6 is 12.4 Å². The Labute approximate surface area is 284 Å². The Morgan fingerprint density at radius 2 is 1.69 bits per heavy atom. The molecule has 0 aromatic heterocycles. The van der Waals surface area contributed by atoms with Crippen LogP contribution in [0.4, 0.5) is 4.39 Å². The molecule has 12 heteroatoms. The van der Waals surface area contributed by atoms with Crippen LogP contribution < -0.4 is 10.1 Å². The van der Waals surface area contributed by atoms with Gasteiger partial charge in [-0.2, -0.15) is 0 Å². The number of ketones is 3. The first kappa shape index (κ1) is 37.0. The lowest BCUT2D eigenvalue weighted by atomic mass is 9.72. The molecule has 3 aliphatic carbocycles. The monoisotopic (exact) mass is 685 g/mol. The third-order valence-corrected chi connectivity index (χ3v) is 9.72. The number of aromatic hydroxyl groups is 2. The van der Waals surface area contributed by atoms with E-state index in [1.54, 1.807) is 12.1 Å². The maximum atomic E-state index is 13.8. The number of Topliss-reactive ketones (excluding diaryl/α,β-unsaturated/α-hetero) is 1. The molecule has 0 amide bonds. The second-order valence-electron chi connectivity index (χ2n) is 12.6. The summed E-state index contributed by atoms with van der Waals surface area (Å²) >= 11 is 0. The third kappa shape index (κ3) is 6.21. The number of carbonyl (C=O) groups is 3. The van der Waals surface area contributed by atoms with Gasteiger partial charge >= 0.3 is 0 Å². The van der Waals surface area contributed by atoms with Crippen molar-refractivity contribution in [3.63, 3.8) is 0 Å². The van der Waals surface area contributed by atoms with Crippen LogP contribution in [0.2, 0.25) is 0 Å². The van der Waals surface area contributed by atoms with Crippen LogP contribution in [0.1, 0.15) is 95.2 Å². The molecular weight excluding hydrogens is 645 g/mol. The summed E-state index contributed by atoms with van der Waals surface area (Å²) in [4.78, 5) is 40.3. The number of fused-ring (bicyclic) bond motifs is 3. The average molecular weight is 686 g/mol. The van der Waals surface area contributed by atoms with Crippen LogP contribution in [-0.4, -0.2) is 68.7 Å². The van der Waals surface area contributed by atoms with E-state index in [1.807, 2.05) is 6.92 Å². The molecule has 6 atom stereocenters. The first-order valence-corrected chi connectivity index (χ1v) is 15.3. The van der Waals surface area contributed by atoms with E-state index < -0.39 is 76.4 Å². The molecule has 0 bridgehead atoms. The van der Waals surface area contributed by atoms with Crippen LogP contribution in [0.5, 0.6) is 17.2 Å². The summed E-state index contributed by atoms with van der Waals surface area (Å²) in [6.07, 6.45) is -2.37. The maximum absolute atomic E-state index is 13.8. The fourth-order valence-corrected chi connectivity index (χ4v) is 7.17. The number of methoxy groups -OCH3 is 1. The first-order valence-electron chi connectivity index (χ1n) is 15.3. The zero-order chi connectivity index (χ0) is 33.1. The molecule has 3 aliphatic rings. The lowest BCUT2D eigenvalue weighted by Crippen LogP contribution is -2.51. The predicted octanol–water partition coefficient (Wildman–Crippen LogP) is 4.72. The number of benzene rings is 3. The van der Waals surface area contributed by atoms with Gasteiger partial charge in [0.1, 0.15) is 28.7 Å². The quantitative estimate of drug-likeness (QED) is 0.172. The zero-order valence-corrected chi connectivity index (χ0v) is 26.9. The second-order valence-corrected chi connectivity index (χ2v) is 12.6. The highest BCUT2D eigenvalue weighted by molar-refractivity contribution is 6.31. The Morgan fingerprint density at radius 1 is 1.02 bits per heavy atom. The summed E-state index contributed by atoms with van der Waals surface area (Å²) < 4.78 is 25.2. The van der Waals surface area contributed by atoms with Crippen molar-refractivity contribution in [2.75, 3.05) is 7.11 Å². The minimum absolute atomic E-state index is 0. The summed E-state index contributed by atoms with van der Waals surface area (Å²) in [6, 6.07) is 10.0. The molecule has 6 rings (SSSR count). The van der Waals surface area contributed by atoms with Gasteiger partial charge in [-0.05, 0) is 49.4 Å². The van der Waals surface area contributed by atoms with Gasteiger partial charge in [-0.1, -0.05) is 38.6 Å². The number of aliphatic hydroxyl groups excluding tert-OH is 1. The molecule has 5 N–H and O–H groups in total. The van der Waals surface area contributed by atoms with E-state index in [1.165, 1.54) is 44.4 Å². The molecule has 0 spiro atoms. The predicted molar refractivity (Wildman–Crippen MR) is 177 cm³/mol.